The first-order valence-corrected chi connectivity index (χ1v) is 10.3. The van der Waals surface area contributed by atoms with E-state index in [-0.39, 0.29) is 0 Å². The summed E-state index contributed by atoms with van der Waals surface area (Å²) in [4.78, 5) is 5.36. The molecule has 0 amide bonds. The number of fused-ring (bicyclic) bond motifs is 1. The van der Waals surface area contributed by atoms with E-state index in [1.165, 1.54) is 9.75 Å². The lowest BCUT2D eigenvalue weighted by Gasteiger charge is -2.26. The molecule has 1 aliphatic heterocycles. The number of thiophene rings is 1. The highest BCUT2D eigenvalue weighted by atomic mass is 32.1. The first-order chi connectivity index (χ1) is 13.0. The molecule has 3 aromatic rings. The molecule has 4 rings (SSSR count). The molecular weight excluding hydrogens is 358 g/mol. The molecular formula is C20H27N5OS. The Balaban J connectivity index is 1.43. The number of nitrogens with zero attached hydrogens (tertiary/aromatic N) is 5. The molecule has 0 radical (unpaired) electrons. The van der Waals surface area contributed by atoms with Crippen LogP contribution in [0.25, 0.3) is 0 Å². The van der Waals surface area contributed by atoms with Crippen molar-refractivity contribution in [1.82, 2.24) is 24.5 Å². The zero-order valence-electron chi connectivity index (χ0n) is 16.2. The van der Waals surface area contributed by atoms with Gasteiger partial charge in [0, 0.05) is 42.6 Å². The average Bonchev–Trinajstić information content (AvgIpc) is 3.33. The first-order valence-electron chi connectivity index (χ1n) is 9.52. The Morgan fingerprint density at radius 3 is 2.74 bits per heavy atom. The topological polar surface area (TPSA) is 59.1 Å². The number of aromatic nitrogens is 4. The molecule has 0 aromatic carbocycles. The average molecular weight is 386 g/mol. The molecule has 0 fully saturated rings. The van der Waals surface area contributed by atoms with E-state index in [2.05, 4.69) is 41.1 Å². The highest BCUT2D eigenvalue weighted by molar-refractivity contribution is 7.11. The molecule has 7 heteroatoms. The Bertz CT molecular complexity index is 909. The van der Waals surface area contributed by atoms with Gasteiger partial charge in [0.15, 0.2) is 0 Å². The van der Waals surface area contributed by atoms with Crippen LogP contribution in [-0.2, 0) is 33.1 Å². The summed E-state index contributed by atoms with van der Waals surface area (Å²) in [5.41, 5.74) is 2.63. The fraction of sp³-hybridized carbons (Fsp3) is 0.500. The van der Waals surface area contributed by atoms with E-state index in [4.69, 9.17) is 0 Å². The van der Waals surface area contributed by atoms with Gasteiger partial charge in [-0.15, -0.1) is 11.3 Å². The Kier molecular flexibility index (Phi) is 5.16. The molecule has 0 aliphatic carbocycles. The van der Waals surface area contributed by atoms with Crippen LogP contribution in [0, 0.1) is 5.92 Å². The Morgan fingerprint density at radius 1 is 1.19 bits per heavy atom. The van der Waals surface area contributed by atoms with Gasteiger partial charge in [-0.2, -0.15) is 10.2 Å². The lowest BCUT2D eigenvalue weighted by molar-refractivity contribution is 0.197. The van der Waals surface area contributed by atoms with Crippen LogP contribution in [0.3, 0.4) is 0 Å². The molecule has 27 heavy (non-hydrogen) atoms. The fourth-order valence-corrected chi connectivity index (χ4v) is 4.93. The van der Waals surface area contributed by atoms with Gasteiger partial charge in [0.2, 0.25) is 0 Å². The van der Waals surface area contributed by atoms with Gasteiger partial charge in [0.25, 0.3) is 0 Å². The van der Waals surface area contributed by atoms with E-state index >= 15 is 0 Å². The minimum absolute atomic E-state index is 0.699. The second-order valence-corrected chi connectivity index (χ2v) is 9.00. The number of hydrogen-bond acceptors (Lipinski definition) is 5. The maximum absolute atomic E-state index is 10.6. The molecule has 0 saturated carbocycles. The normalized spacial score (nSPS) is 16.0. The molecule has 1 N–H and O–H groups in total. The number of rotatable bonds is 6. The second kappa shape index (κ2) is 7.58. The Hall–Kier alpha value is -1.96. The van der Waals surface area contributed by atoms with E-state index in [0.29, 0.717) is 11.6 Å². The summed E-state index contributed by atoms with van der Waals surface area (Å²) in [6.07, 6.45) is 2.12. The Labute approximate surface area is 164 Å². The molecule has 1 aliphatic rings. The van der Waals surface area contributed by atoms with Crippen molar-refractivity contribution < 1.29 is 5.11 Å². The standard InChI is InChI=1S/C20H27N5OS/c1-14(2)10-16-4-5-17(27-16)13-24-8-9-25-15(12-24)11-18(22-25)20(26)19-6-7-21-23(19)3/h4-7,11,14,20,26H,8-10,12-13H2,1-3H3/t20-/m1/s1. The molecule has 0 unspecified atom stereocenters. The maximum Gasteiger partial charge on any atom is 0.139 e. The van der Waals surface area contributed by atoms with Crippen LogP contribution in [0.15, 0.2) is 30.5 Å². The van der Waals surface area contributed by atoms with Crippen molar-refractivity contribution in [2.24, 2.45) is 13.0 Å². The van der Waals surface area contributed by atoms with Crippen molar-refractivity contribution in [1.29, 1.82) is 0 Å². The van der Waals surface area contributed by atoms with Crippen molar-refractivity contribution in [3.8, 4) is 0 Å². The van der Waals surface area contributed by atoms with E-state index < -0.39 is 6.10 Å². The van der Waals surface area contributed by atoms with Crippen LogP contribution >= 0.6 is 11.3 Å². The summed E-state index contributed by atoms with van der Waals surface area (Å²) in [6, 6.07) is 8.41. The lowest BCUT2D eigenvalue weighted by Crippen LogP contribution is -2.33. The second-order valence-electron chi connectivity index (χ2n) is 7.74. The largest absolute Gasteiger partial charge is 0.380 e. The van der Waals surface area contributed by atoms with E-state index in [1.807, 2.05) is 35.2 Å². The van der Waals surface area contributed by atoms with Crippen LogP contribution in [0.4, 0.5) is 0 Å². The highest BCUT2D eigenvalue weighted by Crippen LogP contribution is 2.26. The predicted molar refractivity (Wildman–Crippen MR) is 106 cm³/mol. The molecule has 6 nitrogen and oxygen atoms in total. The van der Waals surface area contributed by atoms with Crippen LogP contribution in [0.5, 0.6) is 0 Å². The Morgan fingerprint density at radius 2 is 2.00 bits per heavy atom. The van der Waals surface area contributed by atoms with Gasteiger partial charge in [-0.3, -0.25) is 14.3 Å². The number of hydrogen-bond donors (Lipinski definition) is 1. The number of aliphatic hydroxyl groups is 1. The van der Waals surface area contributed by atoms with Crippen molar-refractivity contribution in [3.63, 3.8) is 0 Å². The van der Waals surface area contributed by atoms with Crippen LogP contribution in [0.1, 0.15) is 46.8 Å². The van der Waals surface area contributed by atoms with Crippen LogP contribution < -0.4 is 0 Å². The van der Waals surface area contributed by atoms with Gasteiger partial charge < -0.3 is 5.11 Å². The summed E-state index contributed by atoms with van der Waals surface area (Å²) in [6.45, 7) is 8.21. The van der Waals surface area contributed by atoms with E-state index in [9.17, 15) is 5.11 Å². The van der Waals surface area contributed by atoms with Crippen molar-refractivity contribution in [2.75, 3.05) is 6.54 Å². The van der Waals surface area contributed by atoms with E-state index in [1.54, 1.807) is 10.9 Å². The van der Waals surface area contributed by atoms with E-state index in [0.717, 1.165) is 44.0 Å². The minimum Gasteiger partial charge on any atom is -0.380 e. The van der Waals surface area contributed by atoms with Gasteiger partial charge in [-0.25, -0.2) is 0 Å². The number of aryl methyl sites for hydroxylation is 1. The monoisotopic (exact) mass is 385 g/mol. The predicted octanol–water partition coefficient (Wildman–Crippen LogP) is 2.97. The van der Waals surface area contributed by atoms with Gasteiger partial charge in [0.1, 0.15) is 6.10 Å². The van der Waals surface area contributed by atoms with Gasteiger partial charge in [-0.05, 0) is 36.6 Å². The first kappa shape index (κ1) is 18.4. The SMILES string of the molecule is CC(C)Cc1ccc(CN2CCn3nc([C@@H](O)c4ccnn4C)cc3C2)s1. The lowest BCUT2D eigenvalue weighted by atomic mass is 10.1. The van der Waals surface area contributed by atoms with Crippen molar-refractivity contribution in [2.45, 2.75) is 46.0 Å². The summed E-state index contributed by atoms with van der Waals surface area (Å²) in [7, 11) is 1.84. The zero-order valence-corrected chi connectivity index (χ0v) is 17.0. The summed E-state index contributed by atoms with van der Waals surface area (Å²) >= 11 is 1.93. The van der Waals surface area contributed by atoms with Crippen LogP contribution in [-0.4, -0.2) is 36.1 Å². The van der Waals surface area contributed by atoms with Gasteiger partial charge in [-0.1, -0.05) is 13.8 Å². The third-order valence-corrected chi connectivity index (χ3v) is 6.11. The number of aliphatic hydroxyl groups excluding tert-OH is 1. The smallest absolute Gasteiger partial charge is 0.139 e. The summed E-state index contributed by atoms with van der Waals surface area (Å²) in [5.74, 6) is 0.699. The molecule has 1 atom stereocenters. The maximum atomic E-state index is 10.6. The summed E-state index contributed by atoms with van der Waals surface area (Å²) < 4.78 is 3.73. The fourth-order valence-electron chi connectivity index (χ4n) is 3.66. The summed E-state index contributed by atoms with van der Waals surface area (Å²) in [5, 5.41) is 19.4. The van der Waals surface area contributed by atoms with Crippen molar-refractivity contribution in [3.05, 3.63) is 57.3 Å². The molecule has 0 bridgehead atoms. The van der Waals surface area contributed by atoms with Crippen molar-refractivity contribution >= 4 is 11.3 Å². The molecule has 0 saturated heterocycles. The molecule has 4 heterocycles. The molecule has 144 valence electrons. The minimum atomic E-state index is -0.736. The molecule has 0 spiro atoms. The third-order valence-electron chi connectivity index (χ3n) is 5.02. The quantitative estimate of drug-likeness (QED) is 0.709. The van der Waals surface area contributed by atoms with Gasteiger partial charge >= 0.3 is 0 Å². The van der Waals surface area contributed by atoms with Gasteiger partial charge in [0.05, 0.1) is 23.6 Å². The highest BCUT2D eigenvalue weighted by Gasteiger charge is 2.23. The van der Waals surface area contributed by atoms with Crippen LogP contribution in [0.2, 0.25) is 0 Å². The molecule has 3 aromatic heterocycles. The zero-order chi connectivity index (χ0) is 19.0. The third kappa shape index (κ3) is 4.00.